The van der Waals surface area contributed by atoms with E-state index in [0.717, 1.165) is 13.0 Å². The molecule has 0 saturated carbocycles. The van der Waals surface area contributed by atoms with Gasteiger partial charge in [0.15, 0.2) is 0 Å². The van der Waals surface area contributed by atoms with E-state index in [1.54, 1.807) is 9.47 Å². The molecule has 1 aromatic rings. The number of nitrogens with zero attached hydrogens (tertiary/aromatic N) is 3. The van der Waals surface area contributed by atoms with Gasteiger partial charge in [0.1, 0.15) is 5.69 Å². The predicted molar refractivity (Wildman–Crippen MR) is 74.7 cm³/mol. The Morgan fingerprint density at radius 1 is 1.60 bits per heavy atom. The van der Waals surface area contributed by atoms with Gasteiger partial charge in [0, 0.05) is 38.3 Å². The van der Waals surface area contributed by atoms with E-state index < -0.39 is 4.92 Å². The number of aromatic nitrogens is 1. The Bertz CT molecular complexity index is 512. The number of carbonyl (C=O) groups is 1. The minimum Gasteiger partial charge on any atom is -0.337 e. The third-order valence-electron chi connectivity index (χ3n) is 3.43. The van der Waals surface area contributed by atoms with Gasteiger partial charge < -0.3 is 14.8 Å². The topological polar surface area (TPSA) is 80.4 Å². The summed E-state index contributed by atoms with van der Waals surface area (Å²) in [7, 11) is 0. The van der Waals surface area contributed by atoms with Gasteiger partial charge in [-0.25, -0.2) is 0 Å². The minimum absolute atomic E-state index is 0.0232. The Kier molecular flexibility index (Phi) is 4.39. The van der Waals surface area contributed by atoms with Crippen molar-refractivity contribution >= 4 is 11.6 Å². The van der Waals surface area contributed by atoms with Crippen LogP contribution in [-0.2, 0) is 6.54 Å². The lowest BCUT2D eigenvalue weighted by molar-refractivity contribution is -0.384. The van der Waals surface area contributed by atoms with Crippen LogP contribution < -0.4 is 5.32 Å². The van der Waals surface area contributed by atoms with Crippen molar-refractivity contribution in [3.63, 3.8) is 0 Å². The standard InChI is InChI=1S/C13H20N4O3/c1-3-5-15-9-11(17(19)20)7-12(15)13(18)16-6-4-14-10(2)8-16/h7,9-10,14H,3-6,8H2,1-2H3/t10-/m0/s1. The molecule has 110 valence electrons. The lowest BCUT2D eigenvalue weighted by atomic mass is 10.2. The molecule has 1 atom stereocenters. The van der Waals surface area contributed by atoms with E-state index in [1.807, 2.05) is 13.8 Å². The molecule has 1 saturated heterocycles. The molecule has 1 aromatic heterocycles. The average Bonchev–Trinajstić information content (AvgIpc) is 2.82. The molecule has 0 unspecified atom stereocenters. The minimum atomic E-state index is -0.455. The molecule has 1 N–H and O–H groups in total. The van der Waals surface area contributed by atoms with Crippen molar-refractivity contribution in [2.75, 3.05) is 19.6 Å². The highest BCUT2D eigenvalue weighted by atomic mass is 16.6. The van der Waals surface area contributed by atoms with Crippen LogP contribution in [-0.4, -0.2) is 46.0 Å². The second-order valence-corrected chi connectivity index (χ2v) is 5.14. The third kappa shape index (κ3) is 2.98. The van der Waals surface area contributed by atoms with E-state index in [0.29, 0.717) is 25.3 Å². The zero-order valence-corrected chi connectivity index (χ0v) is 11.8. The molecule has 7 nitrogen and oxygen atoms in total. The number of carbonyl (C=O) groups excluding carboxylic acids is 1. The summed E-state index contributed by atoms with van der Waals surface area (Å²) in [5.41, 5.74) is 0.387. The number of hydrogen-bond donors (Lipinski definition) is 1. The maximum Gasteiger partial charge on any atom is 0.287 e. The van der Waals surface area contributed by atoms with Crippen LogP contribution >= 0.6 is 0 Å². The fourth-order valence-electron chi connectivity index (χ4n) is 2.48. The van der Waals surface area contributed by atoms with Crippen LogP contribution in [0.25, 0.3) is 0 Å². The molecule has 1 fully saturated rings. The first-order valence-electron chi connectivity index (χ1n) is 6.90. The average molecular weight is 280 g/mol. The molecule has 1 aliphatic rings. The molecule has 20 heavy (non-hydrogen) atoms. The molecular weight excluding hydrogens is 260 g/mol. The SMILES string of the molecule is CCCn1cc([N+](=O)[O-])cc1C(=O)N1CCN[C@@H](C)C1. The molecule has 2 rings (SSSR count). The first-order chi connectivity index (χ1) is 9.52. The summed E-state index contributed by atoms with van der Waals surface area (Å²) in [6.45, 7) is 6.62. The summed E-state index contributed by atoms with van der Waals surface area (Å²) in [6, 6.07) is 1.63. The molecule has 0 aliphatic carbocycles. The first-order valence-corrected chi connectivity index (χ1v) is 6.90. The van der Waals surface area contributed by atoms with Gasteiger partial charge in [-0.2, -0.15) is 0 Å². The van der Waals surface area contributed by atoms with Crippen molar-refractivity contribution in [2.45, 2.75) is 32.9 Å². The molecule has 0 spiro atoms. The van der Waals surface area contributed by atoms with Crippen LogP contribution in [0.3, 0.4) is 0 Å². The number of hydrogen-bond acceptors (Lipinski definition) is 4. The number of nitro groups is 1. The van der Waals surface area contributed by atoms with Crippen molar-refractivity contribution in [1.82, 2.24) is 14.8 Å². The Hall–Kier alpha value is -1.89. The zero-order chi connectivity index (χ0) is 14.7. The molecule has 2 heterocycles. The summed E-state index contributed by atoms with van der Waals surface area (Å²) < 4.78 is 1.69. The first kappa shape index (κ1) is 14.5. The number of nitrogens with one attached hydrogen (secondary N) is 1. The highest BCUT2D eigenvalue weighted by molar-refractivity contribution is 5.93. The van der Waals surface area contributed by atoms with E-state index in [9.17, 15) is 14.9 Å². The van der Waals surface area contributed by atoms with Crippen molar-refractivity contribution in [1.29, 1.82) is 0 Å². The van der Waals surface area contributed by atoms with Crippen molar-refractivity contribution in [3.05, 3.63) is 28.1 Å². The van der Waals surface area contributed by atoms with E-state index in [-0.39, 0.29) is 17.6 Å². The van der Waals surface area contributed by atoms with Crippen LogP contribution in [0, 0.1) is 10.1 Å². The maximum absolute atomic E-state index is 12.5. The van der Waals surface area contributed by atoms with Crippen LogP contribution in [0.2, 0.25) is 0 Å². The lowest BCUT2D eigenvalue weighted by Crippen LogP contribution is -2.51. The lowest BCUT2D eigenvalue weighted by Gasteiger charge is -2.32. The van der Waals surface area contributed by atoms with Gasteiger partial charge in [-0.1, -0.05) is 6.92 Å². The van der Waals surface area contributed by atoms with E-state index >= 15 is 0 Å². The third-order valence-corrected chi connectivity index (χ3v) is 3.43. The largest absolute Gasteiger partial charge is 0.337 e. The Labute approximate surface area is 117 Å². The van der Waals surface area contributed by atoms with Crippen molar-refractivity contribution < 1.29 is 9.72 Å². The van der Waals surface area contributed by atoms with Crippen LogP contribution in [0.5, 0.6) is 0 Å². The number of piperazine rings is 1. The maximum atomic E-state index is 12.5. The molecule has 7 heteroatoms. The second-order valence-electron chi connectivity index (χ2n) is 5.14. The van der Waals surface area contributed by atoms with Gasteiger partial charge in [0.2, 0.25) is 0 Å². The van der Waals surface area contributed by atoms with Crippen LogP contribution in [0.1, 0.15) is 30.8 Å². The summed E-state index contributed by atoms with van der Waals surface area (Å²) in [4.78, 5) is 24.7. The Morgan fingerprint density at radius 2 is 2.35 bits per heavy atom. The summed E-state index contributed by atoms with van der Waals surface area (Å²) in [6.07, 6.45) is 2.27. The molecular formula is C13H20N4O3. The van der Waals surface area contributed by atoms with E-state index in [2.05, 4.69) is 5.32 Å². The fraction of sp³-hybridized carbons (Fsp3) is 0.615. The predicted octanol–water partition coefficient (Wildman–Crippen LogP) is 1.24. The number of rotatable bonds is 4. The van der Waals surface area contributed by atoms with Gasteiger partial charge in [0.05, 0.1) is 11.1 Å². The Balaban J connectivity index is 2.25. The molecule has 0 radical (unpaired) electrons. The molecule has 0 aromatic carbocycles. The summed E-state index contributed by atoms with van der Waals surface area (Å²) in [5, 5.41) is 14.2. The van der Waals surface area contributed by atoms with Gasteiger partial charge in [0.25, 0.3) is 11.6 Å². The smallest absolute Gasteiger partial charge is 0.287 e. The van der Waals surface area contributed by atoms with Gasteiger partial charge in [-0.3, -0.25) is 14.9 Å². The number of aryl methyl sites for hydroxylation is 1. The number of amides is 1. The fourth-order valence-corrected chi connectivity index (χ4v) is 2.48. The Morgan fingerprint density at radius 3 is 2.95 bits per heavy atom. The quantitative estimate of drug-likeness (QED) is 0.664. The van der Waals surface area contributed by atoms with Crippen molar-refractivity contribution in [3.8, 4) is 0 Å². The molecule has 0 bridgehead atoms. The van der Waals surface area contributed by atoms with E-state index in [4.69, 9.17) is 0 Å². The van der Waals surface area contributed by atoms with Crippen molar-refractivity contribution in [2.24, 2.45) is 0 Å². The van der Waals surface area contributed by atoms with Gasteiger partial charge in [-0.05, 0) is 13.3 Å². The second kappa shape index (κ2) is 6.04. The van der Waals surface area contributed by atoms with Gasteiger partial charge >= 0.3 is 0 Å². The van der Waals surface area contributed by atoms with Gasteiger partial charge in [-0.15, -0.1) is 0 Å². The zero-order valence-electron chi connectivity index (χ0n) is 11.8. The summed E-state index contributed by atoms with van der Waals surface area (Å²) in [5.74, 6) is -0.125. The molecule has 1 aliphatic heterocycles. The molecule has 1 amide bonds. The highest BCUT2D eigenvalue weighted by Gasteiger charge is 2.26. The van der Waals surface area contributed by atoms with Crippen LogP contribution in [0.4, 0.5) is 5.69 Å². The monoisotopic (exact) mass is 280 g/mol. The highest BCUT2D eigenvalue weighted by Crippen LogP contribution is 2.19. The van der Waals surface area contributed by atoms with Crippen LogP contribution in [0.15, 0.2) is 12.3 Å². The van der Waals surface area contributed by atoms with E-state index in [1.165, 1.54) is 12.3 Å². The normalized spacial score (nSPS) is 19.1. The summed E-state index contributed by atoms with van der Waals surface area (Å²) >= 11 is 0.